The van der Waals surface area contributed by atoms with Crippen molar-refractivity contribution < 1.29 is 16.8 Å². The van der Waals surface area contributed by atoms with Gasteiger partial charge >= 0.3 is 0 Å². The minimum atomic E-state index is -3.89. The van der Waals surface area contributed by atoms with Crippen molar-refractivity contribution in [2.24, 2.45) is 9.98 Å². The highest BCUT2D eigenvalue weighted by molar-refractivity contribution is 7.90. The van der Waals surface area contributed by atoms with Crippen molar-refractivity contribution >= 4 is 31.7 Å². The third-order valence-corrected chi connectivity index (χ3v) is 8.57. The Labute approximate surface area is 235 Å². The van der Waals surface area contributed by atoms with Crippen LogP contribution in [0.3, 0.4) is 0 Å². The lowest BCUT2D eigenvalue weighted by molar-refractivity contribution is 0.590. The van der Waals surface area contributed by atoms with Gasteiger partial charge in [0.1, 0.15) is 11.7 Å². The van der Waals surface area contributed by atoms with Crippen molar-refractivity contribution in [1.82, 2.24) is 9.44 Å². The lowest BCUT2D eigenvalue weighted by atomic mass is 10.2. The zero-order valence-electron chi connectivity index (χ0n) is 22.2. The van der Waals surface area contributed by atoms with E-state index in [1.165, 1.54) is 24.3 Å². The van der Waals surface area contributed by atoms with Gasteiger partial charge in [-0.05, 0) is 38.1 Å². The number of hydrogen-bond acceptors (Lipinski definition) is 6. The number of aryl methyl sites for hydroxylation is 2. The highest BCUT2D eigenvalue weighted by Gasteiger charge is 2.19. The number of hydrogen-bond donors (Lipinski definition) is 2. The van der Waals surface area contributed by atoms with E-state index in [0.717, 1.165) is 11.1 Å². The number of aliphatic imine (C=N–C) groups is 2. The highest BCUT2D eigenvalue weighted by atomic mass is 32.2. The molecule has 0 saturated carbocycles. The van der Waals surface area contributed by atoms with Gasteiger partial charge in [-0.15, -0.1) is 0 Å². The van der Waals surface area contributed by atoms with Crippen LogP contribution in [0.2, 0.25) is 0 Å². The van der Waals surface area contributed by atoms with Crippen LogP contribution in [0.5, 0.6) is 0 Å². The van der Waals surface area contributed by atoms with Gasteiger partial charge < -0.3 is 0 Å². The van der Waals surface area contributed by atoms with Crippen LogP contribution < -0.4 is 9.44 Å². The van der Waals surface area contributed by atoms with E-state index in [-0.39, 0.29) is 34.6 Å². The second-order valence-corrected chi connectivity index (χ2v) is 12.4. The molecule has 4 aromatic rings. The van der Waals surface area contributed by atoms with Crippen LogP contribution in [-0.4, -0.2) is 41.6 Å². The van der Waals surface area contributed by atoms with Crippen LogP contribution in [0.1, 0.15) is 22.3 Å². The van der Waals surface area contributed by atoms with Gasteiger partial charge in [-0.1, -0.05) is 96.1 Å². The van der Waals surface area contributed by atoms with Crippen LogP contribution >= 0.6 is 0 Å². The fourth-order valence-electron chi connectivity index (χ4n) is 3.69. The summed E-state index contributed by atoms with van der Waals surface area (Å²) in [7, 11) is -7.77. The quantitative estimate of drug-likeness (QED) is 0.174. The fourth-order valence-corrected chi connectivity index (χ4v) is 5.79. The van der Waals surface area contributed by atoms with E-state index in [0.29, 0.717) is 11.1 Å². The molecule has 0 aliphatic carbocycles. The monoisotopic (exact) mass is 574 g/mol. The molecule has 0 fully saturated rings. The predicted octanol–water partition coefficient (Wildman–Crippen LogP) is 4.45. The minimum absolute atomic E-state index is 0.100. The zero-order chi connectivity index (χ0) is 28.6. The van der Waals surface area contributed by atoms with E-state index in [2.05, 4.69) is 19.4 Å². The standard InChI is InChI=1S/C30H30N4O4S2/c1-23-13-17-27(18-14-23)39(35,36)33-29(25-9-5-3-6-10-25)31-21-22-32-30(26-11-7-4-8-12-26)34-40(37,38)28-19-15-24(2)16-20-28/h3-20H,21-22H2,1-2H3,(H,31,33)(H,32,34). The van der Waals surface area contributed by atoms with Crippen LogP contribution in [-0.2, 0) is 20.0 Å². The Morgan fingerprint density at radius 3 is 1.18 bits per heavy atom. The Morgan fingerprint density at radius 1 is 0.525 bits per heavy atom. The summed E-state index contributed by atoms with van der Waals surface area (Å²) in [6.45, 7) is 3.96. The van der Waals surface area contributed by atoms with Crippen molar-refractivity contribution in [3.05, 3.63) is 131 Å². The highest BCUT2D eigenvalue weighted by Crippen LogP contribution is 2.13. The number of nitrogens with one attached hydrogen (secondary N) is 2. The lowest BCUT2D eigenvalue weighted by Crippen LogP contribution is -2.32. The molecular weight excluding hydrogens is 544 g/mol. The molecular formula is C30H30N4O4S2. The average Bonchev–Trinajstić information content (AvgIpc) is 2.95. The van der Waals surface area contributed by atoms with Crippen LogP contribution in [0, 0.1) is 13.8 Å². The normalized spacial score (nSPS) is 12.7. The van der Waals surface area contributed by atoms with Crippen molar-refractivity contribution in [2.75, 3.05) is 13.1 Å². The van der Waals surface area contributed by atoms with E-state index in [9.17, 15) is 16.8 Å². The van der Waals surface area contributed by atoms with Crippen molar-refractivity contribution in [2.45, 2.75) is 23.6 Å². The summed E-state index contributed by atoms with van der Waals surface area (Å²) < 4.78 is 57.5. The summed E-state index contributed by atoms with van der Waals surface area (Å²) in [5, 5.41) is 0. The largest absolute Gasteiger partial charge is 0.265 e. The molecule has 206 valence electrons. The van der Waals surface area contributed by atoms with Crippen molar-refractivity contribution in [1.29, 1.82) is 0 Å². The van der Waals surface area contributed by atoms with Gasteiger partial charge in [-0.3, -0.25) is 19.4 Å². The molecule has 0 bridgehead atoms. The molecule has 0 aromatic heterocycles. The molecule has 0 aliphatic heterocycles. The van der Waals surface area contributed by atoms with Gasteiger partial charge in [0, 0.05) is 11.1 Å². The lowest BCUT2D eigenvalue weighted by Gasteiger charge is -2.13. The summed E-state index contributed by atoms with van der Waals surface area (Å²) in [6, 6.07) is 30.9. The molecule has 4 rings (SSSR count). The Bertz CT molecular complexity index is 1570. The first-order valence-electron chi connectivity index (χ1n) is 12.5. The van der Waals surface area contributed by atoms with E-state index in [1.54, 1.807) is 72.8 Å². The third kappa shape index (κ3) is 7.64. The van der Waals surface area contributed by atoms with E-state index in [4.69, 9.17) is 0 Å². The predicted molar refractivity (Wildman–Crippen MR) is 159 cm³/mol. The second kappa shape index (κ2) is 12.7. The molecule has 0 unspecified atom stereocenters. The first kappa shape index (κ1) is 28.7. The fraction of sp³-hybridized carbons (Fsp3) is 0.133. The molecule has 0 radical (unpaired) electrons. The summed E-state index contributed by atoms with van der Waals surface area (Å²) in [4.78, 5) is 9.23. The molecule has 40 heavy (non-hydrogen) atoms. The number of nitrogens with zero attached hydrogens (tertiary/aromatic N) is 2. The van der Waals surface area contributed by atoms with Crippen molar-refractivity contribution in [3.8, 4) is 0 Å². The van der Waals surface area contributed by atoms with Crippen molar-refractivity contribution in [3.63, 3.8) is 0 Å². The summed E-state index contributed by atoms with van der Waals surface area (Å²) >= 11 is 0. The van der Waals surface area contributed by atoms with Gasteiger partial charge in [0.2, 0.25) is 0 Å². The number of amidine groups is 2. The first-order chi connectivity index (χ1) is 19.1. The first-order valence-corrected chi connectivity index (χ1v) is 15.5. The van der Waals surface area contributed by atoms with Crippen LogP contribution in [0.4, 0.5) is 0 Å². The molecule has 0 heterocycles. The Balaban J connectivity index is 1.59. The van der Waals surface area contributed by atoms with Crippen LogP contribution in [0.15, 0.2) is 129 Å². The Morgan fingerprint density at radius 2 is 0.850 bits per heavy atom. The Hall–Kier alpha value is -4.28. The maximum atomic E-state index is 13.1. The molecule has 8 nitrogen and oxygen atoms in total. The van der Waals surface area contributed by atoms with E-state index in [1.807, 2.05) is 26.0 Å². The summed E-state index contributed by atoms with van der Waals surface area (Å²) in [6.07, 6.45) is 0. The van der Waals surface area contributed by atoms with Gasteiger partial charge in [0.25, 0.3) is 20.0 Å². The SMILES string of the molecule is Cc1ccc(S(=O)(=O)NC(=NCCN=C(NS(=O)(=O)c2ccc(C)cc2)c2ccccc2)c2ccccc2)cc1. The van der Waals surface area contributed by atoms with Gasteiger partial charge in [0.05, 0.1) is 22.9 Å². The third-order valence-electron chi connectivity index (χ3n) is 5.86. The van der Waals surface area contributed by atoms with Gasteiger partial charge in [-0.25, -0.2) is 16.8 Å². The van der Waals surface area contributed by atoms with E-state index < -0.39 is 20.0 Å². The molecule has 2 N–H and O–H groups in total. The van der Waals surface area contributed by atoms with Gasteiger partial charge in [-0.2, -0.15) is 0 Å². The average molecular weight is 575 g/mol. The molecule has 0 spiro atoms. The molecule has 0 saturated heterocycles. The smallest absolute Gasteiger partial charge is 0.263 e. The maximum Gasteiger partial charge on any atom is 0.263 e. The minimum Gasteiger partial charge on any atom is -0.265 e. The molecule has 4 aromatic carbocycles. The zero-order valence-corrected chi connectivity index (χ0v) is 23.8. The van der Waals surface area contributed by atoms with Gasteiger partial charge in [0.15, 0.2) is 0 Å². The molecule has 0 aliphatic rings. The summed E-state index contributed by atoms with van der Waals surface area (Å²) in [5.41, 5.74) is 3.07. The molecule has 10 heteroatoms. The topological polar surface area (TPSA) is 117 Å². The van der Waals surface area contributed by atoms with Crippen LogP contribution in [0.25, 0.3) is 0 Å². The maximum absolute atomic E-state index is 13.1. The van der Waals surface area contributed by atoms with E-state index >= 15 is 0 Å². The number of benzene rings is 4. The number of sulfonamides is 2. The molecule has 0 amide bonds. The number of rotatable bonds is 9. The Kier molecular flexibility index (Phi) is 9.13. The second-order valence-electron chi connectivity index (χ2n) is 9.03. The summed E-state index contributed by atoms with van der Waals surface area (Å²) in [5.74, 6) is 0.329. The molecule has 0 atom stereocenters.